The average molecular weight is 282 g/mol. The minimum Gasteiger partial charge on any atom is -0.481 e. The molecule has 6 nitrogen and oxygen atoms in total. The van der Waals surface area contributed by atoms with Gasteiger partial charge in [-0.25, -0.2) is 0 Å². The van der Waals surface area contributed by atoms with Gasteiger partial charge in [-0.05, 0) is 19.3 Å². The van der Waals surface area contributed by atoms with Crippen molar-refractivity contribution in [2.24, 2.45) is 11.8 Å². The molecule has 0 spiro atoms. The zero-order valence-electron chi connectivity index (χ0n) is 11.9. The Morgan fingerprint density at radius 1 is 1.10 bits per heavy atom. The van der Waals surface area contributed by atoms with E-state index in [-0.39, 0.29) is 18.4 Å². The fourth-order valence-electron chi connectivity index (χ4n) is 3.13. The number of carbonyl (C=O) groups excluding carboxylic acids is 2. The summed E-state index contributed by atoms with van der Waals surface area (Å²) in [6.45, 7) is 1.27. The molecule has 0 aromatic rings. The largest absolute Gasteiger partial charge is 0.481 e. The molecule has 0 aromatic heterocycles. The molecule has 1 N–H and O–H groups in total. The van der Waals surface area contributed by atoms with Crippen molar-refractivity contribution in [3.63, 3.8) is 0 Å². The van der Waals surface area contributed by atoms with Crippen LogP contribution < -0.4 is 0 Å². The summed E-state index contributed by atoms with van der Waals surface area (Å²) in [6.07, 6.45) is 3.69. The van der Waals surface area contributed by atoms with Crippen LogP contribution in [0.3, 0.4) is 0 Å². The van der Waals surface area contributed by atoms with Crippen molar-refractivity contribution in [3.05, 3.63) is 0 Å². The van der Waals surface area contributed by atoms with Gasteiger partial charge in [0, 0.05) is 20.1 Å². The van der Waals surface area contributed by atoms with Crippen LogP contribution in [0.4, 0.5) is 0 Å². The SMILES string of the molecule is CN1CCCN(C(=O)[C@@H]2CCCC[C@@H]2C(=O)O)CC1=O. The maximum Gasteiger partial charge on any atom is 0.307 e. The lowest BCUT2D eigenvalue weighted by Crippen LogP contribution is -2.45. The first-order chi connectivity index (χ1) is 9.50. The standard InChI is InChI=1S/C14H22N2O4/c1-15-7-4-8-16(9-12(15)17)13(18)10-5-2-3-6-11(10)14(19)20/h10-11H,2-9H2,1H3,(H,19,20)/t10-,11+/m1/s1. The number of carbonyl (C=O) groups is 3. The normalized spacial score (nSPS) is 28.1. The summed E-state index contributed by atoms with van der Waals surface area (Å²) < 4.78 is 0. The van der Waals surface area contributed by atoms with Crippen LogP contribution in [-0.2, 0) is 14.4 Å². The molecule has 0 unspecified atom stereocenters. The number of nitrogens with zero attached hydrogens (tertiary/aromatic N) is 2. The van der Waals surface area contributed by atoms with Crippen molar-refractivity contribution in [1.82, 2.24) is 9.80 Å². The maximum atomic E-state index is 12.6. The molecule has 1 saturated heterocycles. The lowest BCUT2D eigenvalue weighted by Gasteiger charge is -2.31. The number of carboxylic acid groups (broad SMARTS) is 1. The Kier molecular flexibility index (Phi) is 4.62. The van der Waals surface area contributed by atoms with E-state index in [9.17, 15) is 19.5 Å². The molecule has 112 valence electrons. The Morgan fingerprint density at radius 3 is 2.40 bits per heavy atom. The highest BCUT2D eigenvalue weighted by Gasteiger charge is 2.38. The van der Waals surface area contributed by atoms with Crippen LogP contribution >= 0.6 is 0 Å². The third-order valence-corrected chi connectivity index (χ3v) is 4.39. The van der Waals surface area contributed by atoms with E-state index in [0.717, 1.165) is 19.3 Å². The Morgan fingerprint density at radius 2 is 1.75 bits per heavy atom. The average Bonchev–Trinajstić information content (AvgIpc) is 2.60. The summed E-state index contributed by atoms with van der Waals surface area (Å²) >= 11 is 0. The van der Waals surface area contributed by atoms with Crippen LogP contribution in [0.2, 0.25) is 0 Å². The number of likely N-dealkylation sites (N-methyl/N-ethyl adjacent to an activating group) is 1. The molecule has 0 bridgehead atoms. The summed E-state index contributed by atoms with van der Waals surface area (Å²) in [5, 5.41) is 9.26. The van der Waals surface area contributed by atoms with Crippen LogP contribution in [0.25, 0.3) is 0 Å². The monoisotopic (exact) mass is 282 g/mol. The molecule has 2 rings (SSSR count). The van der Waals surface area contributed by atoms with Crippen molar-refractivity contribution in [3.8, 4) is 0 Å². The first kappa shape index (κ1) is 14.8. The fourth-order valence-corrected chi connectivity index (χ4v) is 3.13. The highest BCUT2D eigenvalue weighted by Crippen LogP contribution is 2.32. The molecule has 1 aliphatic heterocycles. The number of hydrogen-bond donors (Lipinski definition) is 1. The quantitative estimate of drug-likeness (QED) is 0.803. The predicted molar refractivity (Wildman–Crippen MR) is 71.9 cm³/mol. The summed E-state index contributed by atoms with van der Waals surface area (Å²) in [5.74, 6) is -2.16. The Balaban J connectivity index is 2.08. The Labute approximate surface area is 118 Å². The number of amides is 2. The highest BCUT2D eigenvalue weighted by atomic mass is 16.4. The third-order valence-electron chi connectivity index (χ3n) is 4.39. The number of aliphatic carboxylic acids is 1. The Bertz CT molecular complexity index is 410. The second kappa shape index (κ2) is 6.24. The van der Waals surface area contributed by atoms with Gasteiger partial charge >= 0.3 is 5.97 Å². The van der Waals surface area contributed by atoms with Gasteiger partial charge in [0.05, 0.1) is 18.4 Å². The van der Waals surface area contributed by atoms with E-state index >= 15 is 0 Å². The minimum absolute atomic E-state index is 0.0708. The Hall–Kier alpha value is -1.59. The summed E-state index contributed by atoms with van der Waals surface area (Å²) in [7, 11) is 1.73. The minimum atomic E-state index is -0.888. The van der Waals surface area contributed by atoms with Crippen LogP contribution in [0.15, 0.2) is 0 Å². The van der Waals surface area contributed by atoms with Gasteiger partial charge < -0.3 is 14.9 Å². The van der Waals surface area contributed by atoms with Gasteiger partial charge in [0.25, 0.3) is 0 Å². The summed E-state index contributed by atoms with van der Waals surface area (Å²) in [5.41, 5.74) is 0. The summed E-state index contributed by atoms with van der Waals surface area (Å²) in [6, 6.07) is 0. The van der Waals surface area contributed by atoms with Gasteiger partial charge in [0.1, 0.15) is 0 Å². The van der Waals surface area contributed by atoms with Crippen LogP contribution in [0.5, 0.6) is 0 Å². The molecular weight excluding hydrogens is 260 g/mol. The molecule has 2 aliphatic rings. The van der Waals surface area contributed by atoms with Gasteiger partial charge in [-0.1, -0.05) is 12.8 Å². The van der Waals surface area contributed by atoms with E-state index in [1.54, 1.807) is 16.8 Å². The topological polar surface area (TPSA) is 77.9 Å². The van der Waals surface area contributed by atoms with Crippen LogP contribution in [0, 0.1) is 11.8 Å². The van der Waals surface area contributed by atoms with Gasteiger partial charge in [0.2, 0.25) is 11.8 Å². The molecule has 2 atom stereocenters. The summed E-state index contributed by atoms with van der Waals surface area (Å²) in [4.78, 5) is 38.9. The van der Waals surface area contributed by atoms with Crippen molar-refractivity contribution in [1.29, 1.82) is 0 Å². The number of rotatable bonds is 2. The van der Waals surface area contributed by atoms with Gasteiger partial charge in [-0.2, -0.15) is 0 Å². The second-order valence-corrected chi connectivity index (χ2v) is 5.76. The highest BCUT2D eigenvalue weighted by molar-refractivity contribution is 5.89. The number of carboxylic acids is 1. The molecular formula is C14H22N2O4. The smallest absolute Gasteiger partial charge is 0.307 e. The van der Waals surface area contributed by atoms with E-state index in [2.05, 4.69) is 0 Å². The molecule has 2 amide bonds. The molecule has 20 heavy (non-hydrogen) atoms. The molecule has 2 fully saturated rings. The fraction of sp³-hybridized carbons (Fsp3) is 0.786. The molecule has 1 saturated carbocycles. The maximum absolute atomic E-state index is 12.6. The first-order valence-corrected chi connectivity index (χ1v) is 7.26. The lowest BCUT2D eigenvalue weighted by molar-refractivity contribution is -0.153. The van der Waals surface area contributed by atoms with E-state index in [0.29, 0.717) is 25.9 Å². The van der Waals surface area contributed by atoms with Gasteiger partial charge in [-0.3, -0.25) is 14.4 Å². The van der Waals surface area contributed by atoms with Gasteiger partial charge in [0.15, 0.2) is 0 Å². The third kappa shape index (κ3) is 3.11. The first-order valence-electron chi connectivity index (χ1n) is 7.26. The van der Waals surface area contributed by atoms with E-state index in [1.807, 2.05) is 0 Å². The van der Waals surface area contributed by atoms with Crippen molar-refractivity contribution in [2.75, 3.05) is 26.7 Å². The van der Waals surface area contributed by atoms with E-state index in [1.165, 1.54) is 0 Å². The molecule has 0 aromatic carbocycles. The lowest BCUT2D eigenvalue weighted by atomic mass is 9.78. The number of hydrogen-bond acceptors (Lipinski definition) is 3. The van der Waals surface area contributed by atoms with Crippen LogP contribution in [-0.4, -0.2) is 59.4 Å². The second-order valence-electron chi connectivity index (χ2n) is 5.76. The van der Waals surface area contributed by atoms with Gasteiger partial charge in [-0.15, -0.1) is 0 Å². The van der Waals surface area contributed by atoms with Crippen LogP contribution in [0.1, 0.15) is 32.1 Å². The molecule has 6 heteroatoms. The van der Waals surface area contributed by atoms with Crippen molar-refractivity contribution < 1.29 is 19.5 Å². The van der Waals surface area contributed by atoms with Crippen molar-refractivity contribution in [2.45, 2.75) is 32.1 Å². The van der Waals surface area contributed by atoms with E-state index in [4.69, 9.17) is 0 Å². The molecule has 0 radical (unpaired) electrons. The zero-order valence-corrected chi connectivity index (χ0v) is 11.9. The molecule has 1 heterocycles. The zero-order chi connectivity index (χ0) is 14.7. The predicted octanol–water partition coefficient (Wildman–Crippen LogP) is 0.568. The van der Waals surface area contributed by atoms with Crippen molar-refractivity contribution >= 4 is 17.8 Å². The molecule has 1 aliphatic carbocycles. The van der Waals surface area contributed by atoms with E-state index < -0.39 is 17.8 Å².